The van der Waals surface area contributed by atoms with Gasteiger partial charge in [0.15, 0.2) is 0 Å². The van der Waals surface area contributed by atoms with Crippen molar-refractivity contribution in [1.29, 1.82) is 0 Å². The van der Waals surface area contributed by atoms with Gasteiger partial charge >= 0.3 is 0 Å². The normalized spacial score (nSPS) is 46.1. The summed E-state index contributed by atoms with van der Waals surface area (Å²) in [6.07, 6.45) is 4.05. The maximum absolute atomic E-state index is 4.74. The summed E-state index contributed by atoms with van der Waals surface area (Å²) < 4.78 is 0. The van der Waals surface area contributed by atoms with E-state index in [0.717, 1.165) is 5.92 Å². The van der Waals surface area contributed by atoms with Crippen LogP contribution in [-0.2, 0) is 0 Å². The van der Waals surface area contributed by atoms with Crippen LogP contribution in [0.3, 0.4) is 0 Å². The smallest absolute Gasteiger partial charge is 0.0709 e. The highest BCUT2D eigenvalue weighted by Crippen LogP contribution is 2.63. The maximum Gasteiger partial charge on any atom is 0.0709 e. The second-order valence-corrected chi connectivity index (χ2v) is 5.72. The zero-order valence-electron chi connectivity index (χ0n) is 8.63. The fraction of sp³-hybridized carbons (Fsp3) is 0.909. The third-order valence-electron chi connectivity index (χ3n) is 4.38. The molecule has 0 aromatic rings. The predicted molar refractivity (Wildman–Crippen MR) is 58.0 cm³/mol. The molecule has 0 amide bonds. The lowest BCUT2D eigenvalue weighted by atomic mass is 9.69. The minimum absolute atomic E-state index is 0.346. The largest absolute Gasteiger partial charge is 0.228 e. The first-order valence-electron chi connectivity index (χ1n) is 5.08. The van der Waals surface area contributed by atoms with Gasteiger partial charge < -0.3 is 0 Å². The molecule has 2 heteroatoms. The number of nitrogens with zero attached hydrogens (tertiary/aromatic N) is 1. The average Bonchev–Trinajstić information content (AvgIpc) is 2.50. The standard InChI is InChI=1S/C11H17NS/c1-10(2)8-4-5-11(3,6-8)9(10)12-7-13/h8-9H,4-6H2,1-3H3. The van der Waals surface area contributed by atoms with Crippen molar-refractivity contribution in [2.45, 2.75) is 46.1 Å². The second kappa shape index (κ2) is 2.65. The Hall–Kier alpha value is -0.200. The number of hydrogen-bond acceptors (Lipinski definition) is 2. The quantitative estimate of drug-likeness (QED) is 0.462. The molecule has 0 heterocycles. The SMILES string of the molecule is CC12CCC(C1)C(C)(C)C2N=C=S. The van der Waals surface area contributed by atoms with Crippen molar-refractivity contribution < 1.29 is 0 Å². The zero-order valence-corrected chi connectivity index (χ0v) is 9.45. The van der Waals surface area contributed by atoms with Gasteiger partial charge in [-0.05, 0) is 48.2 Å². The van der Waals surface area contributed by atoms with E-state index in [2.05, 4.69) is 30.9 Å². The van der Waals surface area contributed by atoms with Gasteiger partial charge in [0.05, 0.1) is 11.2 Å². The lowest BCUT2D eigenvalue weighted by Crippen LogP contribution is -2.38. The van der Waals surface area contributed by atoms with Gasteiger partial charge in [-0.1, -0.05) is 20.8 Å². The Balaban J connectivity index is 2.39. The summed E-state index contributed by atoms with van der Waals surface area (Å²) in [5.74, 6) is 0.856. The summed E-state index contributed by atoms with van der Waals surface area (Å²) in [7, 11) is 0. The summed E-state index contributed by atoms with van der Waals surface area (Å²) in [6.45, 7) is 7.04. The number of rotatable bonds is 1. The van der Waals surface area contributed by atoms with Gasteiger partial charge in [0.2, 0.25) is 0 Å². The molecule has 13 heavy (non-hydrogen) atoms. The molecule has 0 aliphatic heterocycles. The van der Waals surface area contributed by atoms with Gasteiger partial charge in [0, 0.05) is 0 Å². The maximum atomic E-state index is 4.74. The van der Waals surface area contributed by atoms with E-state index < -0.39 is 0 Å². The first-order chi connectivity index (χ1) is 6.00. The van der Waals surface area contributed by atoms with E-state index in [1.807, 2.05) is 0 Å². The van der Waals surface area contributed by atoms with Crippen molar-refractivity contribution in [3.63, 3.8) is 0 Å². The molecule has 1 nitrogen and oxygen atoms in total. The van der Waals surface area contributed by atoms with Gasteiger partial charge in [0.1, 0.15) is 0 Å². The van der Waals surface area contributed by atoms with Crippen molar-refractivity contribution in [2.24, 2.45) is 21.7 Å². The number of thiocarbonyl (C=S) groups is 1. The first-order valence-corrected chi connectivity index (χ1v) is 5.48. The highest BCUT2D eigenvalue weighted by atomic mass is 32.1. The molecular weight excluding hydrogens is 178 g/mol. The van der Waals surface area contributed by atoms with Crippen LogP contribution in [0.15, 0.2) is 4.99 Å². The van der Waals surface area contributed by atoms with Crippen LogP contribution in [0.1, 0.15) is 40.0 Å². The lowest BCUT2D eigenvalue weighted by Gasteiger charge is -2.39. The number of fused-ring (bicyclic) bond motifs is 2. The fourth-order valence-corrected chi connectivity index (χ4v) is 3.76. The molecule has 0 aromatic carbocycles. The third-order valence-corrected chi connectivity index (χ3v) is 4.48. The number of aliphatic imine (C=N–C) groups is 1. The minimum Gasteiger partial charge on any atom is -0.228 e. The molecule has 2 aliphatic carbocycles. The van der Waals surface area contributed by atoms with Crippen molar-refractivity contribution >= 4 is 17.4 Å². The van der Waals surface area contributed by atoms with Crippen molar-refractivity contribution in [2.75, 3.05) is 0 Å². The topological polar surface area (TPSA) is 12.4 Å². The van der Waals surface area contributed by atoms with Crippen molar-refractivity contribution in [3.05, 3.63) is 0 Å². The molecule has 2 rings (SSSR count). The van der Waals surface area contributed by atoms with E-state index in [1.165, 1.54) is 19.3 Å². The van der Waals surface area contributed by atoms with Crippen LogP contribution in [-0.4, -0.2) is 11.2 Å². The summed E-state index contributed by atoms with van der Waals surface area (Å²) in [5, 5.41) is 2.58. The molecular formula is C11H17NS. The number of isothiocyanates is 1. The first kappa shape index (κ1) is 9.36. The summed E-state index contributed by atoms with van der Waals surface area (Å²) in [6, 6.07) is 0.413. The molecule has 72 valence electrons. The molecule has 3 atom stereocenters. The molecule has 2 aliphatic rings. The Morgan fingerprint density at radius 1 is 1.38 bits per heavy atom. The Morgan fingerprint density at radius 2 is 2.08 bits per heavy atom. The van der Waals surface area contributed by atoms with Crippen molar-refractivity contribution in [3.8, 4) is 0 Å². The molecule has 0 saturated heterocycles. The highest BCUT2D eigenvalue weighted by molar-refractivity contribution is 7.78. The van der Waals surface area contributed by atoms with E-state index >= 15 is 0 Å². The Morgan fingerprint density at radius 3 is 2.54 bits per heavy atom. The molecule has 2 saturated carbocycles. The minimum atomic E-state index is 0.346. The van der Waals surface area contributed by atoms with Crippen LogP contribution in [0, 0.1) is 16.7 Å². The van der Waals surface area contributed by atoms with Gasteiger partial charge in [0.25, 0.3) is 0 Å². The van der Waals surface area contributed by atoms with Gasteiger partial charge in [-0.3, -0.25) is 0 Å². The van der Waals surface area contributed by atoms with Gasteiger partial charge in [-0.15, -0.1) is 0 Å². The fourth-order valence-electron chi connectivity index (χ4n) is 3.65. The summed E-state index contributed by atoms with van der Waals surface area (Å²) in [4.78, 5) is 4.40. The summed E-state index contributed by atoms with van der Waals surface area (Å²) in [5.41, 5.74) is 0.763. The molecule has 2 bridgehead atoms. The van der Waals surface area contributed by atoms with Crippen molar-refractivity contribution in [1.82, 2.24) is 0 Å². The van der Waals surface area contributed by atoms with Crippen LogP contribution < -0.4 is 0 Å². The Bertz CT molecular complexity index is 273. The van der Waals surface area contributed by atoms with Gasteiger partial charge in [-0.25, -0.2) is 4.99 Å². The second-order valence-electron chi connectivity index (χ2n) is 5.54. The molecule has 0 radical (unpaired) electrons. The monoisotopic (exact) mass is 195 g/mol. The van der Waals surface area contributed by atoms with Crippen LogP contribution in [0.4, 0.5) is 0 Å². The van der Waals surface area contributed by atoms with E-state index in [9.17, 15) is 0 Å². The highest BCUT2D eigenvalue weighted by Gasteiger charge is 2.59. The number of hydrogen-bond donors (Lipinski definition) is 0. The van der Waals surface area contributed by atoms with Crippen LogP contribution in [0.2, 0.25) is 0 Å². The van der Waals surface area contributed by atoms with Crippen LogP contribution in [0.25, 0.3) is 0 Å². The van der Waals surface area contributed by atoms with E-state index in [1.54, 1.807) is 0 Å². The average molecular weight is 195 g/mol. The predicted octanol–water partition coefficient (Wildman–Crippen LogP) is 3.30. The molecule has 0 aromatic heterocycles. The van der Waals surface area contributed by atoms with E-state index in [-0.39, 0.29) is 0 Å². The Labute approximate surface area is 85.6 Å². The van der Waals surface area contributed by atoms with E-state index in [0.29, 0.717) is 16.9 Å². The molecule has 3 unspecified atom stereocenters. The molecule has 2 fully saturated rings. The van der Waals surface area contributed by atoms with Crippen LogP contribution in [0.5, 0.6) is 0 Å². The van der Waals surface area contributed by atoms with E-state index in [4.69, 9.17) is 12.2 Å². The van der Waals surface area contributed by atoms with Crippen LogP contribution >= 0.6 is 12.2 Å². The third kappa shape index (κ3) is 1.12. The Kier molecular flexibility index (Phi) is 1.91. The molecule has 0 spiro atoms. The summed E-state index contributed by atoms with van der Waals surface area (Å²) >= 11 is 4.74. The lowest BCUT2D eigenvalue weighted by molar-refractivity contribution is 0.143. The zero-order chi connectivity index (χ0) is 9.69. The molecule has 0 N–H and O–H groups in total. The van der Waals surface area contributed by atoms with Gasteiger partial charge in [-0.2, -0.15) is 0 Å².